The lowest BCUT2D eigenvalue weighted by Crippen LogP contribution is -2.40. The van der Waals surface area contributed by atoms with Gasteiger partial charge in [-0.2, -0.15) is 0 Å². The fourth-order valence-corrected chi connectivity index (χ4v) is 5.00. The van der Waals surface area contributed by atoms with Crippen molar-refractivity contribution in [1.82, 2.24) is 15.2 Å². The van der Waals surface area contributed by atoms with E-state index >= 15 is 0 Å². The lowest BCUT2D eigenvalue weighted by atomic mass is 9.87. The third-order valence-corrected chi connectivity index (χ3v) is 6.76. The van der Waals surface area contributed by atoms with Crippen molar-refractivity contribution in [3.05, 3.63) is 105 Å². The number of carbonyl (C=O) groups excluding carboxylic acids is 2. The zero-order valence-corrected chi connectivity index (χ0v) is 20.1. The molecule has 2 aromatic carbocycles. The van der Waals surface area contributed by atoms with Crippen molar-refractivity contribution in [3.63, 3.8) is 0 Å². The van der Waals surface area contributed by atoms with Gasteiger partial charge in [-0.3, -0.25) is 9.59 Å². The minimum absolute atomic E-state index is 0.138. The van der Waals surface area contributed by atoms with Gasteiger partial charge in [0.25, 0.3) is 11.8 Å². The topological polar surface area (TPSA) is 84.7 Å². The van der Waals surface area contributed by atoms with Crippen LogP contribution in [0.2, 0.25) is 0 Å². The summed E-state index contributed by atoms with van der Waals surface area (Å²) < 4.78 is 11.5. The van der Waals surface area contributed by atoms with Crippen LogP contribution in [-0.4, -0.2) is 34.8 Å². The Morgan fingerprint density at radius 2 is 2.03 bits per heavy atom. The Bertz CT molecular complexity index is 1320. The highest BCUT2D eigenvalue weighted by Crippen LogP contribution is 2.38. The molecule has 8 heteroatoms. The number of rotatable bonds is 7. The van der Waals surface area contributed by atoms with Crippen molar-refractivity contribution in [1.29, 1.82) is 0 Å². The SMILES string of the molecule is CCNC(=O)c1csc(COc2ccc3c(c2)C(c2ccccc2)N(C(=O)c2ccco2)CC3)n1. The Morgan fingerprint density at radius 3 is 2.80 bits per heavy atom. The molecule has 1 aliphatic rings. The van der Waals surface area contributed by atoms with Crippen molar-refractivity contribution in [2.45, 2.75) is 26.0 Å². The molecule has 4 aromatic rings. The zero-order valence-electron chi connectivity index (χ0n) is 19.3. The molecule has 7 nitrogen and oxygen atoms in total. The molecule has 1 N–H and O–H groups in total. The lowest BCUT2D eigenvalue weighted by molar-refractivity contribution is 0.0661. The van der Waals surface area contributed by atoms with E-state index in [9.17, 15) is 9.59 Å². The highest BCUT2D eigenvalue weighted by Gasteiger charge is 2.34. The van der Waals surface area contributed by atoms with E-state index in [1.807, 2.05) is 54.3 Å². The van der Waals surface area contributed by atoms with Crippen molar-refractivity contribution < 1.29 is 18.7 Å². The molecule has 1 unspecified atom stereocenters. The molecule has 3 heterocycles. The standard InChI is InChI=1S/C27H25N3O4S/c1-2-28-26(31)22-17-35-24(29-22)16-34-20-11-10-18-12-13-30(27(32)23-9-6-14-33-23)25(21(18)15-20)19-7-4-3-5-8-19/h3-11,14-15,17,25H,2,12-13,16H2,1H3,(H,28,31). The molecule has 0 fully saturated rings. The molecule has 178 valence electrons. The first-order chi connectivity index (χ1) is 17.1. The third kappa shape index (κ3) is 4.83. The Morgan fingerprint density at radius 1 is 1.17 bits per heavy atom. The van der Waals surface area contributed by atoms with Crippen LogP contribution in [0.25, 0.3) is 0 Å². The van der Waals surface area contributed by atoms with Crippen LogP contribution >= 0.6 is 11.3 Å². The first-order valence-electron chi connectivity index (χ1n) is 11.5. The van der Waals surface area contributed by atoms with Gasteiger partial charge in [0.05, 0.1) is 12.3 Å². The van der Waals surface area contributed by atoms with Gasteiger partial charge >= 0.3 is 0 Å². The quantitative estimate of drug-likeness (QED) is 0.403. The van der Waals surface area contributed by atoms with Gasteiger partial charge in [-0.25, -0.2) is 4.98 Å². The maximum atomic E-state index is 13.3. The van der Waals surface area contributed by atoms with E-state index in [1.165, 1.54) is 23.2 Å². The first kappa shape index (κ1) is 22.9. The van der Waals surface area contributed by atoms with Crippen molar-refractivity contribution in [2.24, 2.45) is 0 Å². The maximum absolute atomic E-state index is 13.3. The fourth-order valence-electron chi connectivity index (χ4n) is 4.32. The van der Waals surface area contributed by atoms with E-state index in [1.54, 1.807) is 17.5 Å². The molecule has 1 aliphatic heterocycles. The minimum atomic E-state index is -0.259. The van der Waals surface area contributed by atoms with Crippen LogP contribution in [0.4, 0.5) is 0 Å². The molecule has 5 rings (SSSR count). The Hall–Kier alpha value is -3.91. The summed E-state index contributed by atoms with van der Waals surface area (Å²) in [6, 6.07) is 19.2. The van der Waals surface area contributed by atoms with E-state index in [2.05, 4.69) is 16.4 Å². The van der Waals surface area contributed by atoms with Crippen LogP contribution in [0, 0.1) is 0 Å². The molecule has 0 saturated heterocycles. The van der Waals surface area contributed by atoms with Crippen LogP contribution in [0.15, 0.2) is 76.7 Å². The summed E-state index contributed by atoms with van der Waals surface area (Å²) in [5.41, 5.74) is 3.64. The molecule has 2 amide bonds. The van der Waals surface area contributed by atoms with Crippen molar-refractivity contribution in [2.75, 3.05) is 13.1 Å². The van der Waals surface area contributed by atoms with Crippen LogP contribution < -0.4 is 10.1 Å². The van der Waals surface area contributed by atoms with Crippen LogP contribution in [0.1, 0.15) is 55.7 Å². The number of ether oxygens (including phenoxy) is 1. The lowest BCUT2D eigenvalue weighted by Gasteiger charge is -2.37. The Balaban J connectivity index is 1.41. The number of hydrogen-bond donors (Lipinski definition) is 1. The maximum Gasteiger partial charge on any atom is 0.290 e. The predicted octanol–water partition coefficient (Wildman–Crippen LogP) is 4.85. The van der Waals surface area contributed by atoms with Gasteiger partial charge < -0.3 is 19.4 Å². The monoisotopic (exact) mass is 487 g/mol. The molecule has 2 aromatic heterocycles. The number of thiazole rings is 1. The highest BCUT2D eigenvalue weighted by atomic mass is 32.1. The number of hydrogen-bond acceptors (Lipinski definition) is 6. The average Bonchev–Trinajstić information content (AvgIpc) is 3.60. The van der Waals surface area contributed by atoms with Crippen LogP contribution in [0.3, 0.4) is 0 Å². The second-order valence-electron chi connectivity index (χ2n) is 8.17. The normalized spacial score (nSPS) is 14.9. The van der Waals surface area contributed by atoms with Gasteiger partial charge in [-0.15, -0.1) is 11.3 Å². The summed E-state index contributed by atoms with van der Waals surface area (Å²) in [4.78, 5) is 31.5. The average molecular weight is 488 g/mol. The molecular weight excluding hydrogens is 462 g/mol. The van der Waals surface area contributed by atoms with Crippen LogP contribution in [-0.2, 0) is 13.0 Å². The number of benzene rings is 2. The molecule has 1 atom stereocenters. The number of furan rings is 1. The second kappa shape index (κ2) is 10.1. The first-order valence-corrected chi connectivity index (χ1v) is 12.4. The number of aromatic nitrogens is 1. The van der Waals surface area contributed by atoms with Gasteiger partial charge in [0, 0.05) is 18.5 Å². The largest absolute Gasteiger partial charge is 0.486 e. The van der Waals surface area contributed by atoms with Crippen molar-refractivity contribution >= 4 is 23.2 Å². The highest BCUT2D eigenvalue weighted by molar-refractivity contribution is 7.09. The molecule has 0 saturated carbocycles. The number of carbonyl (C=O) groups is 2. The van der Waals surface area contributed by atoms with E-state index in [4.69, 9.17) is 9.15 Å². The smallest absolute Gasteiger partial charge is 0.290 e. The summed E-state index contributed by atoms with van der Waals surface area (Å²) in [5.74, 6) is 0.692. The summed E-state index contributed by atoms with van der Waals surface area (Å²) in [5, 5.41) is 5.21. The van der Waals surface area contributed by atoms with Gasteiger partial charge in [-0.05, 0) is 54.3 Å². The minimum Gasteiger partial charge on any atom is -0.486 e. The summed E-state index contributed by atoms with van der Waals surface area (Å²) in [7, 11) is 0. The molecule has 0 bridgehead atoms. The van der Waals surface area contributed by atoms with Crippen molar-refractivity contribution in [3.8, 4) is 5.75 Å². The molecule has 0 aliphatic carbocycles. The number of fused-ring (bicyclic) bond motifs is 1. The molecule has 35 heavy (non-hydrogen) atoms. The third-order valence-electron chi connectivity index (χ3n) is 5.94. The fraction of sp³-hybridized carbons (Fsp3) is 0.222. The van der Waals surface area contributed by atoms with E-state index in [0.717, 1.165) is 22.6 Å². The summed E-state index contributed by atoms with van der Waals surface area (Å²) in [6.45, 7) is 3.28. The Labute approximate surface area is 207 Å². The van der Waals surface area contributed by atoms with Gasteiger partial charge in [0.2, 0.25) is 0 Å². The number of nitrogens with one attached hydrogen (secondary N) is 1. The van der Waals surface area contributed by atoms with Gasteiger partial charge in [-0.1, -0.05) is 36.4 Å². The summed E-state index contributed by atoms with van der Waals surface area (Å²) in [6.07, 6.45) is 2.26. The number of amides is 2. The predicted molar refractivity (Wildman–Crippen MR) is 133 cm³/mol. The van der Waals surface area contributed by atoms with E-state index < -0.39 is 0 Å². The van der Waals surface area contributed by atoms with E-state index in [-0.39, 0.29) is 24.5 Å². The second-order valence-corrected chi connectivity index (χ2v) is 9.12. The van der Waals surface area contributed by atoms with Gasteiger partial charge in [0.15, 0.2) is 5.76 Å². The van der Waals surface area contributed by atoms with Gasteiger partial charge in [0.1, 0.15) is 23.1 Å². The molecular formula is C27H25N3O4S. The summed E-state index contributed by atoms with van der Waals surface area (Å²) >= 11 is 1.39. The molecule has 0 spiro atoms. The zero-order chi connectivity index (χ0) is 24.2. The van der Waals surface area contributed by atoms with E-state index in [0.29, 0.717) is 30.3 Å². The Kier molecular flexibility index (Phi) is 6.63. The number of nitrogens with zero attached hydrogens (tertiary/aromatic N) is 2. The molecule has 0 radical (unpaired) electrons. The van der Waals surface area contributed by atoms with Crippen LogP contribution in [0.5, 0.6) is 5.75 Å².